The molecule has 1 aliphatic rings. The molecule has 0 radical (unpaired) electrons. The Morgan fingerprint density at radius 3 is 2.60 bits per heavy atom. The molecule has 126 valence electrons. The summed E-state index contributed by atoms with van der Waals surface area (Å²) in [5.74, 6) is -0.977. The van der Waals surface area contributed by atoms with Crippen LogP contribution in [0.4, 0.5) is 0 Å². The number of hydrogen-bond donors (Lipinski definition) is 1. The first kappa shape index (κ1) is 15.9. The molecule has 1 aromatic heterocycles. The minimum absolute atomic E-state index is 0.0426. The topological polar surface area (TPSA) is 59.4 Å². The number of aromatic nitrogens is 1. The first-order chi connectivity index (χ1) is 12.1. The van der Waals surface area contributed by atoms with Gasteiger partial charge in [0.1, 0.15) is 5.56 Å². The van der Waals surface area contributed by atoms with Crippen molar-refractivity contribution in [3.63, 3.8) is 0 Å². The van der Waals surface area contributed by atoms with E-state index in [1.165, 1.54) is 18.2 Å². The standard InChI is InChI=1S/C20H16ClNO3/c1-25-19-18(20(23)24)17(13-7-2-3-8-15(13)21)14-9-11-5-4-6-12(11)10-16(14)22-19/h2-3,7-10H,4-6H2,1H3,(H,23,24). The van der Waals surface area contributed by atoms with Crippen molar-refractivity contribution in [3.8, 4) is 17.0 Å². The molecule has 2 aromatic carbocycles. The number of carboxylic acids is 1. The lowest BCUT2D eigenvalue weighted by Gasteiger charge is -2.16. The fourth-order valence-electron chi connectivity index (χ4n) is 3.60. The Kier molecular flexibility index (Phi) is 3.85. The van der Waals surface area contributed by atoms with Crippen molar-refractivity contribution in [1.29, 1.82) is 0 Å². The van der Waals surface area contributed by atoms with Crippen LogP contribution in [0.15, 0.2) is 36.4 Å². The number of carboxylic acid groups (broad SMARTS) is 1. The van der Waals surface area contributed by atoms with Gasteiger partial charge in [-0.2, -0.15) is 0 Å². The van der Waals surface area contributed by atoms with E-state index in [2.05, 4.69) is 11.1 Å². The fourth-order valence-corrected chi connectivity index (χ4v) is 3.83. The van der Waals surface area contributed by atoms with Crippen LogP contribution in [0.25, 0.3) is 22.0 Å². The lowest BCUT2D eigenvalue weighted by molar-refractivity contribution is 0.0693. The van der Waals surface area contributed by atoms with Gasteiger partial charge in [-0.15, -0.1) is 0 Å². The highest BCUT2D eigenvalue weighted by atomic mass is 35.5. The summed E-state index contributed by atoms with van der Waals surface area (Å²) < 4.78 is 5.30. The number of halogens is 1. The van der Waals surface area contributed by atoms with Crippen LogP contribution in [0.3, 0.4) is 0 Å². The molecule has 1 aliphatic carbocycles. The van der Waals surface area contributed by atoms with Gasteiger partial charge in [0, 0.05) is 21.5 Å². The van der Waals surface area contributed by atoms with Crippen LogP contribution in [-0.4, -0.2) is 23.2 Å². The molecule has 0 aliphatic heterocycles. The molecule has 5 heteroatoms. The van der Waals surface area contributed by atoms with E-state index in [4.69, 9.17) is 16.3 Å². The van der Waals surface area contributed by atoms with Crippen molar-refractivity contribution in [2.24, 2.45) is 0 Å². The molecule has 0 unspecified atom stereocenters. The zero-order chi connectivity index (χ0) is 17.6. The van der Waals surface area contributed by atoms with Gasteiger partial charge in [-0.25, -0.2) is 9.78 Å². The average molecular weight is 354 g/mol. The Hall–Kier alpha value is -2.59. The van der Waals surface area contributed by atoms with E-state index in [1.807, 2.05) is 24.3 Å². The van der Waals surface area contributed by atoms with Gasteiger partial charge in [0.2, 0.25) is 5.88 Å². The summed E-state index contributed by atoms with van der Waals surface area (Å²) in [6.45, 7) is 0. The number of rotatable bonds is 3. The monoisotopic (exact) mass is 353 g/mol. The molecular formula is C20H16ClNO3. The number of methoxy groups -OCH3 is 1. The summed E-state index contributed by atoms with van der Waals surface area (Å²) in [5, 5.41) is 11.1. The predicted molar refractivity (Wildman–Crippen MR) is 97.7 cm³/mol. The highest BCUT2D eigenvalue weighted by Crippen LogP contribution is 2.41. The largest absolute Gasteiger partial charge is 0.480 e. The first-order valence-corrected chi connectivity index (χ1v) is 8.49. The van der Waals surface area contributed by atoms with Crippen molar-refractivity contribution in [2.45, 2.75) is 19.3 Å². The number of carbonyl (C=O) groups is 1. The summed E-state index contributed by atoms with van der Waals surface area (Å²) in [5.41, 5.74) is 4.54. The molecule has 4 rings (SSSR count). The maximum atomic E-state index is 12.0. The third-order valence-corrected chi connectivity index (χ3v) is 5.05. The van der Waals surface area contributed by atoms with Gasteiger partial charge in [0.15, 0.2) is 0 Å². The number of hydrogen-bond acceptors (Lipinski definition) is 3. The molecule has 0 atom stereocenters. The van der Waals surface area contributed by atoms with Crippen molar-refractivity contribution < 1.29 is 14.6 Å². The second kappa shape index (κ2) is 6.05. The van der Waals surface area contributed by atoms with E-state index < -0.39 is 5.97 Å². The third kappa shape index (κ3) is 2.53. The van der Waals surface area contributed by atoms with Gasteiger partial charge < -0.3 is 9.84 Å². The molecular weight excluding hydrogens is 338 g/mol. The minimum Gasteiger partial charge on any atom is -0.480 e. The van der Waals surface area contributed by atoms with Crippen molar-refractivity contribution in [2.75, 3.05) is 7.11 Å². The van der Waals surface area contributed by atoms with E-state index in [0.29, 0.717) is 16.1 Å². The van der Waals surface area contributed by atoms with Crippen LogP contribution in [0.2, 0.25) is 5.02 Å². The number of aromatic carboxylic acids is 1. The molecule has 0 fully saturated rings. The lowest BCUT2D eigenvalue weighted by Crippen LogP contribution is -2.07. The molecule has 0 saturated carbocycles. The fraction of sp³-hybridized carbons (Fsp3) is 0.200. The Bertz CT molecular complexity index is 1010. The molecule has 4 nitrogen and oxygen atoms in total. The van der Waals surface area contributed by atoms with Crippen LogP contribution in [-0.2, 0) is 12.8 Å². The SMILES string of the molecule is COc1nc2cc3c(cc2c(-c2ccccc2Cl)c1C(=O)O)CCC3. The smallest absolute Gasteiger partial charge is 0.341 e. The van der Waals surface area contributed by atoms with Crippen LogP contribution in [0.1, 0.15) is 27.9 Å². The van der Waals surface area contributed by atoms with E-state index in [1.54, 1.807) is 6.07 Å². The molecule has 0 bridgehead atoms. The molecule has 25 heavy (non-hydrogen) atoms. The third-order valence-electron chi connectivity index (χ3n) is 4.72. The second-order valence-corrected chi connectivity index (χ2v) is 6.55. The van der Waals surface area contributed by atoms with Gasteiger partial charge >= 0.3 is 5.97 Å². The van der Waals surface area contributed by atoms with Crippen molar-refractivity contribution >= 4 is 28.5 Å². The summed E-state index contributed by atoms with van der Waals surface area (Å²) in [4.78, 5) is 16.5. The quantitative estimate of drug-likeness (QED) is 0.738. The minimum atomic E-state index is -1.08. The van der Waals surface area contributed by atoms with Crippen LogP contribution in [0.5, 0.6) is 5.88 Å². The van der Waals surface area contributed by atoms with Gasteiger partial charge in [-0.1, -0.05) is 29.8 Å². The number of aryl methyl sites for hydroxylation is 2. The Morgan fingerprint density at radius 2 is 1.92 bits per heavy atom. The highest BCUT2D eigenvalue weighted by molar-refractivity contribution is 6.34. The molecule has 0 spiro atoms. The Balaban J connectivity index is 2.18. The molecule has 3 aromatic rings. The number of pyridine rings is 1. The lowest BCUT2D eigenvalue weighted by atomic mass is 9.93. The van der Waals surface area contributed by atoms with Gasteiger partial charge in [0.05, 0.1) is 12.6 Å². The summed E-state index contributed by atoms with van der Waals surface area (Å²) in [6, 6.07) is 11.4. The Morgan fingerprint density at radius 1 is 1.20 bits per heavy atom. The second-order valence-electron chi connectivity index (χ2n) is 6.15. The maximum Gasteiger partial charge on any atom is 0.341 e. The molecule has 1 N–H and O–H groups in total. The summed E-state index contributed by atoms with van der Waals surface area (Å²) >= 11 is 6.39. The van der Waals surface area contributed by atoms with Gasteiger partial charge in [-0.3, -0.25) is 0 Å². The normalized spacial score (nSPS) is 13.0. The van der Waals surface area contributed by atoms with E-state index in [9.17, 15) is 9.90 Å². The van der Waals surface area contributed by atoms with Crippen LogP contribution >= 0.6 is 11.6 Å². The molecule has 0 saturated heterocycles. The van der Waals surface area contributed by atoms with Gasteiger partial charge in [-0.05, 0) is 48.6 Å². The summed E-state index contributed by atoms with van der Waals surface area (Å²) in [7, 11) is 1.43. The highest BCUT2D eigenvalue weighted by Gasteiger charge is 2.25. The van der Waals surface area contributed by atoms with E-state index in [-0.39, 0.29) is 11.4 Å². The van der Waals surface area contributed by atoms with E-state index >= 15 is 0 Å². The molecule has 0 amide bonds. The zero-order valence-corrected chi connectivity index (χ0v) is 14.4. The zero-order valence-electron chi connectivity index (χ0n) is 13.7. The molecule has 1 heterocycles. The number of ether oxygens (including phenoxy) is 1. The average Bonchev–Trinajstić information content (AvgIpc) is 3.06. The number of benzene rings is 2. The Labute approximate surface area is 150 Å². The number of fused-ring (bicyclic) bond motifs is 2. The van der Waals surface area contributed by atoms with Crippen molar-refractivity contribution in [3.05, 3.63) is 58.1 Å². The number of nitrogens with zero attached hydrogens (tertiary/aromatic N) is 1. The van der Waals surface area contributed by atoms with Crippen LogP contribution in [0, 0.1) is 0 Å². The maximum absolute atomic E-state index is 12.0. The summed E-state index contributed by atoms with van der Waals surface area (Å²) in [6.07, 6.45) is 3.13. The van der Waals surface area contributed by atoms with Crippen molar-refractivity contribution in [1.82, 2.24) is 4.98 Å². The van der Waals surface area contributed by atoms with Gasteiger partial charge in [0.25, 0.3) is 0 Å². The predicted octanol–water partition coefficient (Wildman–Crippen LogP) is 4.75. The van der Waals surface area contributed by atoms with Crippen LogP contribution < -0.4 is 4.74 Å². The first-order valence-electron chi connectivity index (χ1n) is 8.12. The van der Waals surface area contributed by atoms with E-state index in [0.717, 1.165) is 30.2 Å².